The van der Waals surface area contributed by atoms with Crippen molar-refractivity contribution < 1.29 is 13.2 Å². The first-order chi connectivity index (χ1) is 10.8. The first kappa shape index (κ1) is 16.1. The van der Waals surface area contributed by atoms with Gasteiger partial charge in [0, 0.05) is 23.1 Å². The number of benzene rings is 1. The number of aryl methyl sites for hydroxylation is 2. The van der Waals surface area contributed by atoms with Crippen LogP contribution in [0.2, 0.25) is 0 Å². The lowest BCUT2D eigenvalue weighted by Gasteiger charge is -2.10. The summed E-state index contributed by atoms with van der Waals surface area (Å²) in [4.78, 5) is 15.5. The van der Waals surface area contributed by atoms with Crippen molar-refractivity contribution in [3.05, 3.63) is 35.0 Å². The Kier molecular flexibility index (Phi) is 4.19. The molecule has 1 fully saturated rings. The average Bonchev–Trinajstić information content (AvgIpc) is 2.97. The highest BCUT2D eigenvalue weighted by Gasteiger charge is 2.28. The topological polar surface area (TPSA) is 79.0 Å². The second-order valence-electron chi connectivity index (χ2n) is 6.53. The van der Waals surface area contributed by atoms with Gasteiger partial charge in [-0.15, -0.1) is 0 Å². The largest absolute Gasteiger partial charge is 0.358 e. The van der Waals surface area contributed by atoms with Crippen molar-refractivity contribution in [3.8, 4) is 0 Å². The van der Waals surface area contributed by atoms with E-state index in [-0.39, 0.29) is 23.3 Å². The van der Waals surface area contributed by atoms with Gasteiger partial charge in [-0.25, -0.2) is 8.42 Å². The Bertz CT molecular complexity index is 852. The molecule has 0 unspecified atom stereocenters. The molecule has 124 valence electrons. The van der Waals surface area contributed by atoms with Crippen LogP contribution in [0.15, 0.2) is 18.2 Å². The van der Waals surface area contributed by atoms with Crippen LogP contribution in [0.25, 0.3) is 10.9 Å². The van der Waals surface area contributed by atoms with Crippen LogP contribution in [0.3, 0.4) is 0 Å². The molecule has 0 bridgehead atoms. The van der Waals surface area contributed by atoms with Gasteiger partial charge in [0.1, 0.15) is 0 Å². The molecule has 5 nitrogen and oxygen atoms in total. The van der Waals surface area contributed by atoms with Crippen LogP contribution in [0.1, 0.15) is 23.2 Å². The monoisotopic (exact) mass is 334 g/mol. The van der Waals surface area contributed by atoms with Crippen LogP contribution < -0.4 is 5.32 Å². The number of nitrogens with one attached hydrogen (secondary N) is 2. The summed E-state index contributed by atoms with van der Waals surface area (Å²) >= 11 is 0. The number of sulfone groups is 1. The molecular formula is C17H22N2O3S. The summed E-state index contributed by atoms with van der Waals surface area (Å²) in [5.41, 5.74) is 4.22. The predicted molar refractivity (Wildman–Crippen MR) is 91.2 cm³/mol. The minimum absolute atomic E-state index is 0.0512. The second kappa shape index (κ2) is 6.00. The van der Waals surface area contributed by atoms with Gasteiger partial charge in [0.05, 0.1) is 17.9 Å². The zero-order valence-electron chi connectivity index (χ0n) is 13.5. The normalized spacial score (nSPS) is 20.0. The minimum atomic E-state index is -2.89. The molecule has 1 amide bonds. The van der Waals surface area contributed by atoms with E-state index in [9.17, 15) is 13.2 Å². The smallest absolute Gasteiger partial charge is 0.224 e. The summed E-state index contributed by atoms with van der Waals surface area (Å²) in [6.45, 7) is 4.45. The van der Waals surface area contributed by atoms with Crippen LogP contribution in [-0.4, -0.2) is 37.4 Å². The van der Waals surface area contributed by atoms with Crippen LogP contribution in [0.4, 0.5) is 0 Å². The van der Waals surface area contributed by atoms with Gasteiger partial charge >= 0.3 is 0 Å². The van der Waals surface area contributed by atoms with E-state index < -0.39 is 9.84 Å². The van der Waals surface area contributed by atoms with E-state index in [2.05, 4.69) is 16.4 Å². The molecule has 2 aromatic rings. The van der Waals surface area contributed by atoms with E-state index in [0.717, 1.165) is 27.7 Å². The van der Waals surface area contributed by atoms with Crippen molar-refractivity contribution in [2.45, 2.75) is 26.7 Å². The lowest BCUT2D eigenvalue weighted by molar-refractivity contribution is -0.120. The first-order valence-corrected chi connectivity index (χ1v) is 9.71. The molecule has 0 radical (unpaired) electrons. The van der Waals surface area contributed by atoms with Gasteiger partial charge in [-0.2, -0.15) is 0 Å². The Balaban J connectivity index is 1.66. The molecular weight excluding hydrogens is 312 g/mol. The SMILES string of the molecule is Cc1ccc2[nH]c(C)c(CC(=O)NC[C@H]3CCS(=O)(=O)C3)c2c1. The summed E-state index contributed by atoms with van der Waals surface area (Å²) in [6, 6.07) is 6.16. The summed E-state index contributed by atoms with van der Waals surface area (Å²) < 4.78 is 22.9. The summed E-state index contributed by atoms with van der Waals surface area (Å²) in [7, 11) is -2.89. The van der Waals surface area contributed by atoms with Gasteiger partial charge in [0.15, 0.2) is 9.84 Å². The van der Waals surface area contributed by atoms with Crippen molar-refractivity contribution in [1.82, 2.24) is 10.3 Å². The maximum Gasteiger partial charge on any atom is 0.224 e. The molecule has 23 heavy (non-hydrogen) atoms. The van der Waals surface area contributed by atoms with E-state index in [1.165, 1.54) is 0 Å². The van der Waals surface area contributed by atoms with E-state index >= 15 is 0 Å². The third-order valence-corrected chi connectivity index (χ3v) is 6.36. The van der Waals surface area contributed by atoms with Crippen LogP contribution in [0, 0.1) is 19.8 Å². The molecule has 3 rings (SSSR count). The van der Waals surface area contributed by atoms with Crippen molar-refractivity contribution in [3.63, 3.8) is 0 Å². The molecule has 1 saturated heterocycles. The van der Waals surface area contributed by atoms with Crippen LogP contribution in [-0.2, 0) is 21.1 Å². The number of carbonyl (C=O) groups is 1. The molecule has 1 aliphatic rings. The highest BCUT2D eigenvalue weighted by atomic mass is 32.2. The Morgan fingerprint density at radius 2 is 2.13 bits per heavy atom. The third-order valence-electron chi connectivity index (χ3n) is 4.53. The number of amides is 1. The van der Waals surface area contributed by atoms with Crippen molar-refractivity contribution in [2.24, 2.45) is 5.92 Å². The minimum Gasteiger partial charge on any atom is -0.358 e. The van der Waals surface area contributed by atoms with Crippen molar-refractivity contribution in [2.75, 3.05) is 18.1 Å². The molecule has 0 spiro atoms. The second-order valence-corrected chi connectivity index (χ2v) is 8.76. The van der Waals surface area contributed by atoms with Crippen LogP contribution >= 0.6 is 0 Å². The first-order valence-electron chi connectivity index (χ1n) is 7.89. The maximum atomic E-state index is 12.2. The fourth-order valence-corrected chi connectivity index (χ4v) is 5.10. The Morgan fingerprint density at radius 3 is 2.83 bits per heavy atom. The van der Waals surface area contributed by atoms with Gasteiger partial charge in [-0.1, -0.05) is 11.6 Å². The van der Waals surface area contributed by atoms with Gasteiger partial charge in [0.25, 0.3) is 0 Å². The predicted octanol–water partition coefficient (Wildman–Crippen LogP) is 1.88. The standard InChI is InChI=1S/C17H22N2O3S/c1-11-3-4-16-15(7-11)14(12(2)19-16)8-17(20)18-9-13-5-6-23(21,22)10-13/h3-4,7,13,19H,5-6,8-10H2,1-2H3,(H,18,20)/t13-/m1/s1. The number of carbonyl (C=O) groups excluding carboxylic acids is 1. The van der Waals surface area contributed by atoms with E-state index in [1.807, 2.05) is 26.0 Å². The van der Waals surface area contributed by atoms with Gasteiger partial charge < -0.3 is 10.3 Å². The summed E-state index contributed by atoms with van der Waals surface area (Å²) in [5, 5.41) is 3.97. The number of hydrogen-bond donors (Lipinski definition) is 2. The molecule has 0 saturated carbocycles. The third kappa shape index (κ3) is 3.58. The molecule has 2 N–H and O–H groups in total. The van der Waals surface area contributed by atoms with Gasteiger partial charge in [0.2, 0.25) is 5.91 Å². The zero-order valence-corrected chi connectivity index (χ0v) is 14.3. The fourth-order valence-electron chi connectivity index (χ4n) is 3.24. The van der Waals surface area contributed by atoms with Gasteiger partial charge in [-0.05, 0) is 43.9 Å². The van der Waals surface area contributed by atoms with Crippen LogP contribution in [0.5, 0.6) is 0 Å². The van der Waals surface area contributed by atoms with Gasteiger partial charge in [-0.3, -0.25) is 4.79 Å². The van der Waals surface area contributed by atoms with E-state index in [1.54, 1.807) is 0 Å². The zero-order chi connectivity index (χ0) is 16.6. The molecule has 1 aromatic carbocycles. The molecule has 1 atom stereocenters. The lowest BCUT2D eigenvalue weighted by Crippen LogP contribution is -2.31. The van der Waals surface area contributed by atoms with Crippen molar-refractivity contribution >= 4 is 26.6 Å². The molecule has 1 aromatic heterocycles. The number of H-pyrrole nitrogens is 1. The maximum absolute atomic E-state index is 12.2. The molecule has 6 heteroatoms. The molecule has 1 aliphatic heterocycles. The molecule has 2 heterocycles. The fraction of sp³-hybridized carbons (Fsp3) is 0.471. The number of hydrogen-bond acceptors (Lipinski definition) is 3. The number of aromatic amines is 1. The Labute approximate surface area is 136 Å². The Morgan fingerprint density at radius 1 is 1.35 bits per heavy atom. The number of rotatable bonds is 4. The van der Waals surface area contributed by atoms with Crippen molar-refractivity contribution in [1.29, 1.82) is 0 Å². The average molecular weight is 334 g/mol. The quantitative estimate of drug-likeness (QED) is 0.896. The summed E-state index contributed by atoms with van der Waals surface area (Å²) in [6.07, 6.45) is 0.961. The van der Waals surface area contributed by atoms with E-state index in [4.69, 9.17) is 0 Å². The highest BCUT2D eigenvalue weighted by Crippen LogP contribution is 2.24. The highest BCUT2D eigenvalue weighted by molar-refractivity contribution is 7.91. The Hall–Kier alpha value is -1.82. The van der Waals surface area contributed by atoms with E-state index in [0.29, 0.717) is 19.4 Å². The summed E-state index contributed by atoms with van der Waals surface area (Å²) in [5.74, 6) is 0.433. The number of fused-ring (bicyclic) bond motifs is 1. The number of aromatic nitrogens is 1. The lowest BCUT2D eigenvalue weighted by atomic mass is 10.0. The molecule has 0 aliphatic carbocycles.